The highest BCUT2D eigenvalue weighted by Gasteiger charge is 2.33. The number of likely N-dealkylation sites (tertiary alicyclic amines) is 2. The number of hydrogen-bond donors (Lipinski definition) is 0. The molecule has 2 aliphatic heterocycles. The minimum atomic E-state index is -3.43. The summed E-state index contributed by atoms with van der Waals surface area (Å²) in [6.07, 6.45) is 5.61. The van der Waals surface area contributed by atoms with Crippen LogP contribution < -0.4 is 0 Å². The van der Waals surface area contributed by atoms with Crippen LogP contribution in [0.15, 0.2) is 45.8 Å². The number of hydrogen-bond acceptors (Lipinski definition) is 6. The molecule has 0 aliphatic carbocycles. The standard InChI is InChI=1S/C30H42BrN3O5S/c1-3-4-19-39-30(36)34-17-12-27(13-18-34)33-15-10-23(11-16-33)29(35)32(2)14-5-20-40(37,38)28-9-7-24-21-26(31)8-6-25(24)22-28/h6-9,21-23,27H,3-5,10-20H2,1-2H3. The van der Waals surface area contributed by atoms with Crippen molar-refractivity contribution in [2.45, 2.75) is 62.8 Å². The van der Waals surface area contributed by atoms with E-state index in [0.717, 1.165) is 79.9 Å². The Labute approximate surface area is 247 Å². The molecule has 0 unspecified atom stereocenters. The van der Waals surface area contributed by atoms with Gasteiger partial charge in [-0.15, -0.1) is 0 Å². The number of halogens is 1. The number of fused-ring (bicyclic) bond motifs is 1. The first-order valence-corrected chi connectivity index (χ1v) is 17.0. The van der Waals surface area contributed by atoms with Crippen LogP contribution in [0.5, 0.6) is 0 Å². The number of unbranched alkanes of at least 4 members (excludes halogenated alkanes) is 1. The molecule has 0 atom stereocenters. The first kappa shape index (κ1) is 30.8. The Hall–Kier alpha value is -2.17. The van der Waals surface area contributed by atoms with Gasteiger partial charge in [0.05, 0.1) is 17.3 Å². The van der Waals surface area contributed by atoms with Gasteiger partial charge in [-0.3, -0.25) is 4.79 Å². The van der Waals surface area contributed by atoms with Crippen LogP contribution in [-0.4, -0.2) is 93.3 Å². The fourth-order valence-corrected chi connectivity index (χ4v) is 7.45. The molecule has 0 spiro atoms. The summed E-state index contributed by atoms with van der Waals surface area (Å²) in [5.74, 6) is 0.0972. The second kappa shape index (κ2) is 14.1. The van der Waals surface area contributed by atoms with Crippen LogP contribution in [0.1, 0.15) is 51.9 Å². The zero-order valence-electron chi connectivity index (χ0n) is 23.7. The van der Waals surface area contributed by atoms with Crippen molar-refractivity contribution in [2.75, 3.05) is 52.1 Å². The first-order valence-electron chi connectivity index (χ1n) is 14.5. The molecular weight excluding hydrogens is 594 g/mol. The second-order valence-corrected chi connectivity index (χ2v) is 14.1. The lowest BCUT2D eigenvalue weighted by atomic mass is 9.92. The van der Waals surface area contributed by atoms with E-state index in [2.05, 4.69) is 27.8 Å². The maximum atomic E-state index is 13.1. The summed E-state index contributed by atoms with van der Waals surface area (Å²) in [5.41, 5.74) is 0. The van der Waals surface area contributed by atoms with Crippen molar-refractivity contribution in [3.8, 4) is 0 Å². The third kappa shape index (κ3) is 7.97. The first-order chi connectivity index (χ1) is 19.2. The summed E-state index contributed by atoms with van der Waals surface area (Å²) in [5, 5.41) is 1.87. The average molecular weight is 637 g/mol. The predicted molar refractivity (Wildman–Crippen MR) is 161 cm³/mol. The van der Waals surface area contributed by atoms with Crippen LogP contribution in [0.3, 0.4) is 0 Å². The number of benzene rings is 2. The third-order valence-electron chi connectivity index (χ3n) is 8.26. The van der Waals surface area contributed by atoms with Crippen LogP contribution in [0.25, 0.3) is 10.8 Å². The highest BCUT2D eigenvalue weighted by molar-refractivity contribution is 9.10. The van der Waals surface area contributed by atoms with Crippen molar-refractivity contribution in [3.05, 3.63) is 40.9 Å². The number of rotatable bonds is 10. The van der Waals surface area contributed by atoms with Crippen LogP contribution in [-0.2, 0) is 19.4 Å². The largest absolute Gasteiger partial charge is 0.449 e. The molecule has 220 valence electrons. The van der Waals surface area contributed by atoms with Crippen LogP contribution >= 0.6 is 15.9 Å². The molecule has 2 fully saturated rings. The lowest BCUT2D eigenvalue weighted by molar-refractivity contribution is -0.136. The molecule has 2 saturated heterocycles. The molecule has 2 aromatic carbocycles. The van der Waals surface area contributed by atoms with Gasteiger partial charge in [0.1, 0.15) is 0 Å². The van der Waals surface area contributed by atoms with Gasteiger partial charge in [-0.25, -0.2) is 13.2 Å². The lowest BCUT2D eigenvalue weighted by Crippen LogP contribution is -2.50. The van der Waals surface area contributed by atoms with Crippen LogP contribution in [0.2, 0.25) is 0 Å². The molecular formula is C30H42BrN3O5S. The Morgan fingerprint density at radius 1 is 0.975 bits per heavy atom. The summed E-state index contributed by atoms with van der Waals surface area (Å²) >= 11 is 3.45. The van der Waals surface area contributed by atoms with E-state index < -0.39 is 9.84 Å². The minimum absolute atomic E-state index is 0.00986. The fourth-order valence-electron chi connectivity index (χ4n) is 5.74. The molecule has 8 nitrogen and oxygen atoms in total. The normalized spacial score (nSPS) is 17.7. The van der Waals surface area contributed by atoms with E-state index in [4.69, 9.17) is 4.74 Å². The van der Waals surface area contributed by atoms with Gasteiger partial charge in [0.2, 0.25) is 5.91 Å². The maximum Gasteiger partial charge on any atom is 0.409 e. The zero-order valence-corrected chi connectivity index (χ0v) is 26.1. The summed E-state index contributed by atoms with van der Waals surface area (Å²) in [6.45, 7) is 6.18. The zero-order chi connectivity index (χ0) is 28.7. The van der Waals surface area contributed by atoms with E-state index in [0.29, 0.717) is 30.5 Å². The molecule has 0 aromatic heterocycles. The van der Waals surface area contributed by atoms with Gasteiger partial charge in [-0.05, 0) is 86.7 Å². The summed E-state index contributed by atoms with van der Waals surface area (Å²) in [7, 11) is -1.65. The smallest absolute Gasteiger partial charge is 0.409 e. The molecule has 0 radical (unpaired) electrons. The fraction of sp³-hybridized carbons (Fsp3) is 0.600. The maximum absolute atomic E-state index is 13.1. The minimum Gasteiger partial charge on any atom is -0.449 e. The SMILES string of the molecule is CCCCOC(=O)N1CCC(N2CCC(C(=O)N(C)CCCS(=O)(=O)c3ccc4cc(Br)ccc4c3)CC2)CC1. The van der Waals surface area contributed by atoms with E-state index in [1.54, 1.807) is 24.1 Å². The van der Waals surface area contributed by atoms with Gasteiger partial charge >= 0.3 is 6.09 Å². The van der Waals surface area contributed by atoms with Crippen molar-refractivity contribution >= 4 is 48.5 Å². The quantitative estimate of drug-likeness (QED) is 0.328. The Morgan fingerprint density at radius 3 is 2.35 bits per heavy atom. The molecule has 2 aliphatic rings. The molecule has 4 rings (SSSR count). The average Bonchev–Trinajstić information content (AvgIpc) is 2.96. The van der Waals surface area contributed by atoms with Gasteiger partial charge < -0.3 is 19.4 Å². The number of piperidine rings is 2. The summed E-state index contributed by atoms with van der Waals surface area (Å²) < 4.78 is 32.2. The topological polar surface area (TPSA) is 87.2 Å². The second-order valence-electron chi connectivity index (χ2n) is 11.1. The number of carbonyl (C=O) groups is 2. The number of carbonyl (C=O) groups excluding carboxylic acids is 2. The lowest BCUT2D eigenvalue weighted by Gasteiger charge is -2.41. The van der Waals surface area contributed by atoms with E-state index >= 15 is 0 Å². The van der Waals surface area contributed by atoms with E-state index in [-0.39, 0.29) is 23.7 Å². The third-order valence-corrected chi connectivity index (χ3v) is 10.5. The highest BCUT2D eigenvalue weighted by atomic mass is 79.9. The molecule has 10 heteroatoms. The van der Waals surface area contributed by atoms with E-state index in [1.807, 2.05) is 29.2 Å². The number of ether oxygens (including phenoxy) is 1. The van der Waals surface area contributed by atoms with Crippen molar-refractivity contribution < 1.29 is 22.7 Å². The van der Waals surface area contributed by atoms with Crippen LogP contribution in [0.4, 0.5) is 4.79 Å². The molecule has 0 saturated carbocycles. The van der Waals surface area contributed by atoms with E-state index in [1.165, 1.54) is 0 Å². The molecule has 2 amide bonds. The number of nitrogens with zero attached hydrogens (tertiary/aromatic N) is 3. The van der Waals surface area contributed by atoms with Crippen molar-refractivity contribution in [1.29, 1.82) is 0 Å². The Bertz CT molecular complexity index is 1270. The molecule has 40 heavy (non-hydrogen) atoms. The Morgan fingerprint density at radius 2 is 1.65 bits per heavy atom. The van der Waals surface area contributed by atoms with Crippen molar-refractivity contribution in [1.82, 2.24) is 14.7 Å². The molecule has 2 aromatic rings. The number of amides is 2. The molecule has 0 bridgehead atoms. The van der Waals surface area contributed by atoms with Crippen molar-refractivity contribution in [2.24, 2.45) is 5.92 Å². The van der Waals surface area contributed by atoms with Gasteiger partial charge in [-0.2, -0.15) is 0 Å². The molecule has 2 heterocycles. The predicted octanol–water partition coefficient (Wildman–Crippen LogP) is 5.34. The van der Waals surface area contributed by atoms with Gasteiger partial charge in [0.15, 0.2) is 9.84 Å². The van der Waals surface area contributed by atoms with Gasteiger partial charge in [-0.1, -0.05) is 41.4 Å². The highest BCUT2D eigenvalue weighted by Crippen LogP contribution is 2.26. The summed E-state index contributed by atoms with van der Waals surface area (Å²) in [4.78, 5) is 31.6. The molecule has 0 N–H and O–H groups in total. The monoisotopic (exact) mass is 635 g/mol. The number of sulfone groups is 1. The van der Waals surface area contributed by atoms with Gasteiger partial charge in [0, 0.05) is 43.1 Å². The Balaban J connectivity index is 1.18. The van der Waals surface area contributed by atoms with Crippen LogP contribution in [0, 0.1) is 5.92 Å². The van der Waals surface area contributed by atoms with Crippen molar-refractivity contribution in [3.63, 3.8) is 0 Å². The summed E-state index contributed by atoms with van der Waals surface area (Å²) in [6, 6.07) is 11.4. The van der Waals surface area contributed by atoms with E-state index in [9.17, 15) is 18.0 Å². The Kier molecular flexibility index (Phi) is 10.9. The van der Waals surface area contributed by atoms with Gasteiger partial charge in [0.25, 0.3) is 0 Å².